The van der Waals surface area contributed by atoms with Crippen LogP contribution in [0.25, 0.3) is 11.3 Å². The van der Waals surface area contributed by atoms with Crippen molar-refractivity contribution < 1.29 is 19.1 Å². The fourth-order valence-electron chi connectivity index (χ4n) is 3.22. The largest absolute Gasteiger partial charge is 0.496 e. The number of amides is 2. The molecule has 0 aliphatic carbocycles. The van der Waals surface area contributed by atoms with Crippen molar-refractivity contribution in [3.8, 4) is 22.8 Å². The molecule has 3 N–H and O–H groups in total. The summed E-state index contributed by atoms with van der Waals surface area (Å²) in [5.41, 5.74) is 1.98. The van der Waals surface area contributed by atoms with Crippen LogP contribution in [0.3, 0.4) is 0 Å². The van der Waals surface area contributed by atoms with Crippen LogP contribution >= 0.6 is 0 Å². The first-order valence-corrected chi connectivity index (χ1v) is 10.5. The third-order valence-corrected chi connectivity index (χ3v) is 4.89. The van der Waals surface area contributed by atoms with E-state index in [4.69, 9.17) is 9.47 Å². The maximum atomic E-state index is 12.9. The molecule has 0 saturated carbocycles. The minimum atomic E-state index is -0.736. The van der Waals surface area contributed by atoms with Crippen molar-refractivity contribution in [3.05, 3.63) is 60.2 Å². The molecule has 3 rings (SSSR count). The predicted molar refractivity (Wildman–Crippen MR) is 123 cm³/mol. The normalized spacial score (nSPS) is 11.7. The number of aromatic amines is 1. The molecule has 0 radical (unpaired) electrons. The Morgan fingerprint density at radius 3 is 2.47 bits per heavy atom. The zero-order valence-corrected chi connectivity index (χ0v) is 18.6. The third kappa shape index (κ3) is 5.46. The molecule has 0 aliphatic heterocycles. The van der Waals surface area contributed by atoms with Gasteiger partial charge in [0.25, 0.3) is 5.91 Å². The molecule has 32 heavy (non-hydrogen) atoms. The van der Waals surface area contributed by atoms with Crippen LogP contribution in [0.4, 0.5) is 5.82 Å². The Morgan fingerprint density at radius 2 is 1.81 bits per heavy atom. The first-order valence-electron chi connectivity index (χ1n) is 10.5. The third-order valence-electron chi connectivity index (χ3n) is 4.89. The molecule has 0 aliphatic rings. The van der Waals surface area contributed by atoms with E-state index in [0.29, 0.717) is 35.2 Å². The van der Waals surface area contributed by atoms with Crippen molar-refractivity contribution in [1.82, 2.24) is 15.5 Å². The zero-order valence-electron chi connectivity index (χ0n) is 18.6. The predicted octanol–water partition coefficient (Wildman–Crippen LogP) is 3.88. The Kier molecular flexibility index (Phi) is 7.49. The van der Waals surface area contributed by atoms with Gasteiger partial charge >= 0.3 is 0 Å². The Bertz CT molecular complexity index is 1060. The van der Waals surface area contributed by atoms with E-state index < -0.39 is 6.04 Å². The first kappa shape index (κ1) is 22.9. The van der Waals surface area contributed by atoms with E-state index in [1.807, 2.05) is 45.0 Å². The Morgan fingerprint density at radius 1 is 1.09 bits per heavy atom. The number of benzene rings is 2. The monoisotopic (exact) mass is 436 g/mol. The molecule has 1 heterocycles. The minimum absolute atomic E-state index is 0.130. The Hall–Kier alpha value is -3.81. The summed E-state index contributed by atoms with van der Waals surface area (Å²) in [6, 6.07) is 15.3. The number of ether oxygens (including phenoxy) is 2. The molecule has 3 aromatic rings. The van der Waals surface area contributed by atoms with Gasteiger partial charge in [-0.05, 0) is 49.2 Å². The molecule has 8 heteroatoms. The number of carbonyl (C=O) groups is 2. The summed E-state index contributed by atoms with van der Waals surface area (Å²) >= 11 is 0. The summed E-state index contributed by atoms with van der Waals surface area (Å²) in [6.45, 7) is 6.18. The summed E-state index contributed by atoms with van der Waals surface area (Å²) in [7, 11) is 1.60. The Balaban J connectivity index is 1.69. The maximum Gasteiger partial charge on any atom is 0.251 e. The average molecular weight is 437 g/mol. The van der Waals surface area contributed by atoms with Gasteiger partial charge in [-0.25, -0.2) is 0 Å². The van der Waals surface area contributed by atoms with E-state index in [9.17, 15) is 9.59 Å². The van der Waals surface area contributed by atoms with E-state index >= 15 is 0 Å². The van der Waals surface area contributed by atoms with Gasteiger partial charge in [0.05, 0.1) is 19.4 Å². The summed E-state index contributed by atoms with van der Waals surface area (Å²) in [4.78, 5) is 25.6. The fourth-order valence-corrected chi connectivity index (χ4v) is 3.22. The molecule has 0 fully saturated rings. The number of para-hydroxylation sites is 1. The fraction of sp³-hybridized carbons (Fsp3) is 0.292. The standard InChI is InChI=1S/C24H28N4O4/c1-5-32-17-12-10-16(11-13-17)23(29)26-22(15(2)3)24(30)25-21-14-19(27-28-21)18-8-6-7-9-20(18)31-4/h6-15,22H,5H2,1-4H3,(H,26,29)(H2,25,27,28,30). The molecule has 8 nitrogen and oxygen atoms in total. The summed E-state index contributed by atoms with van der Waals surface area (Å²) in [6.07, 6.45) is 0. The number of methoxy groups -OCH3 is 1. The van der Waals surface area contributed by atoms with Gasteiger partial charge in [0.1, 0.15) is 17.5 Å². The number of rotatable bonds is 9. The second-order valence-electron chi connectivity index (χ2n) is 7.51. The molecule has 1 atom stereocenters. The number of carbonyl (C=O) groups excluding carboxylic acids is 2. The number of aromatic nitrogens is 2. The number of hydrogen-bond acceptors (Lipinski definition) is 5. The highest BCUT2D eigenvalue weighted by molar-refractivity contribution is 6.01. The van der Waals surface area contributed by atoms with Gasteiger partial charge in [-0.15, -0.1) is 0 Å². The number of H-pyrrole nitrogens is 1. The van der Waals surface area contributed by atoms with Crippen molar-refractivity contribution >= 4 is 17.6 Å². The lowest BCUT2D eigenvalue weighted by Gasteiger charge is -2.21. The molecular formula is C24H28N4O4. The minimum Gasteiger partial charge on any atom is -0.496 e. The molecule has 2 amide bonds. The molecule has 0 saturated heterocycles. The quantitative estimate of drug-likeness (QED) is 0.472. The number of anilines is 1. The van der Waals surface area contributed by atoms with Crippen molar-refractivity contribution in [2.75, 3.05) is 19.0 Å². The van der Waals surface area contributed by atoms with Crippen molar-refractivity contribution in [1.29, 1.82) is 0 Å². The van der Waals surface area contributed by atoms with Gasteiger partial charge in [0.15, 0.2) is 5.82 Å². The molecule has 0 spiro atoms. The van der Waals surface area contributed by atoms with Gasteiger partial charge in [-0.2, -0.15) is 5.10 Å². The van der Waals surface area contributed by atoms with Gasteiger partial charge < -0.3 is 20.1 Å². The molecule has 1 aromatic heterocycles. The maximum absolute atomic E-state index is 12.9. The zero-order chi connectivity index (χ0) is 23.1. The number of nitrogens with zero attached hydrogens (tertiary/aromatic N) is 1. The molecule has 2 aromatic carbocycles. The van der Waals surface area contributed by atoms with Crippen LogP contribution in [0.1, 0.15) is 31.1 Å². The first-order chi connectivity index (χ1) is 15.4. The highest BCUT2D eigenvalue weighted by Crippen LogP contribution is 2.29. The number of nitrogens with one attached hydrogen (secondary N) is 3. The van der Waals surface area contributed by atoms with Crippen molar-refractivity contribution in [2.24, 2.45) is 5.92 Å². The van der Waals surface area contributed by atoms with Crippen LogP contribution in [0.15, 0.2) is 54.6 Å². The SMILES string of the molecule is CCOc1ccc(C(=O)NC(C(=O)Nc2cc(-c3ccccc3OC)[nH]n2)C(C)C)cc1. The second kappa shape index (κ2) is 10.5. The van der Waals surface area contributed by atoms with Gasteiger partial charge in [-0.1, -0.05) is 26.0 Å². The van der Waals surface area contributed by atoms with E-state index in [-0.39, 0.29) is 17.7 Å². The highest BCUT2D eigenvalue weighted by Gasteiger charge is 2.25. The van der Waals surface area contributed by atoms with Crippen LogP contribution in [0, 0.1) is 5.92 Å². The summed E-state index contributed by atoms with van der Waals surface area (Å²) in [5.74, 6) is 0.922. The van der Waals surface area contributed by atoms with Crippen molar-refractivity contribution in [2.45, 2.75) is 26.8 Å². The Labute approximate surface area is 187 Å². The highest BCUT2D eigenvalue weighted by atomic mass is 16.5. The van der Waals surface area contributed by atoms with E-state index in [1.165, 1.54) is 0 Å². The van der Waals surface area contributed by atoms with Gasteiger partial charge in [0.2, 0.25) is 5.91 Å². The smallest absolute Gasteiger partial charge is 0.251 e. The number of hydrogen-bond donors (Lipinski definition) is 3. The van der Waals surface area contributed by atoms with Crippen LogP contribution in [0.5, 0.6) is 11.5 Å². The lowest BCUT2D eigenvalue weighted by Crippen LogP contribution is -2.47. The lowest BCUT2D eigenvalue weighted by molar-refractivity contribution is -0.118. The van der Waals surface area contributed by atoms with Crippen LogP contribution in [0.2, 0.25) is 0 Å². The van der Waals surface area contributed by atoms with Crippen LogP contribution in [-0.2, 0) is 4.79 Å². The summed E-state index contributed by atoms with van der Waals surface area (Å²) < 4.78 is 10.8. The summed E-state index contributed by atoms with van der Waals surface area (Å²) in [5, 5.41) is 12.7. The molecule has 168 valence electrons. The van der Waals surface area contributed by atoms with Crippen LogP contribution < -0.4 is 20.1 Å². The lowest BCUT2D eigenvalue weighted by atomic mass is 10.0. The molecule has 1 unspecified atom stereocenters. The second-order valence-corrected chi connectivity index (χ2v) is 7.51. The van der Waals surface area contributed by atoms with Crippen LogP contribution in [-0.4, -0.2) is 41.8 Å². The molecule has 0 bridgehead atoms. The average Bonchev–Trinajstić information content (AvgIpc) is 3.25. The van der Waals surface area contributed by atoms with E-state index in [1.54, 1.807) is 37.4 Å². The van der Waals surface area contributed by atoms with Gasteiger partial charge in [0, 0.05) is 17.2 Å². The van der Waals surface area contributed by atoms with E-state index in [0.717, 1.165) is 5.56 Å². The van der Waals surface area contributed by atoms with E-state index in [2.05, 4.69) is 20.8 Å². The van der Waals surface area contributed by atoms with Crippen molar-refractivity contribution in [3.63, 3.8) is 0 Å². The van der Waals surface area contributed by atoms with Gasteiger partial charge in [-0.3, -0.25) is 14.7 Å². The topological polar surface area (TPSA) is 105 Å². The molecular weight excluding hydrogens is 408 g/mol.